The van der Waals surface area contributed by atoms with E-state index in [9.17, 15) is 0 Å². The van der Waals surface area contributed by atoms with Crippen LogP contribution in [0.5, 0.6) is 0 Å². The summed E-state index contributed by atoms with van der Waals surface area (Å²) in [6, 6.07) is 0.658. The van der Waals surface area contributed by atoms with Crippen molar-refractivity contribution in [1.82, 2.24) is 4.90 Å². The SMILES string of the molecule is CC(C)CN(CCC1(CN)CCCCC1)C(C)C. The van der Waals surface area contributed by atoms with Gasteiger partial charge >= 0.3 is 0 Å². The van der Waals surface area contributed by atoms with E-state index >= 15 is 0 Å². The minimum Gasteiger partial charge on any atom is -0.330 e. The molecule has 1 fully saturated rings. The molecule has 0 saturated heterocycles. The van der Waals surface area contributed by atoms with Crippen molar-refractivity contribution in [1.29, 1.82) is 0 Å². The van der Waals surface area contributed by atoms with Crippen molar-refractivity contribution in [3.05, 3.63) is 0 Å². The van der Waals surface area contributed by atoms with Crippen LogP contribution in [0.3, 0.4) is 0 Å². The minimum atomic E-state index is 0.461. The van der Waals surface area contributed by atoms with Crippen LogP contribution >= 0.6 is 0 Å². The molecule has 0 heterocycles. The van der Waals surface area contributed by atoms with Crippen molar-refractivity contribution in [3.8, 4) is 0 Å². The van der Waals surface area contributed by atoms with E-state index in [1.807, 2.05) is 0 Å². The molecule has 0 spiro atoms. The fraction of sp³-hybridized carbons (Fsp3) is 1.00. The Balaban J connectivity index is 2.48. The van der Waals surface area contributed by atoms with Gasteiger partial charge in [-0.25, -0.2) is 0 Å². The Bertz CT molecular complexity index is 217. The summed E-state index contributed by atoms with van der Waals surface area (Å²) in [6.45, 7) is 12.6. The van der Waals surface area contributed by atoms with Crippen molar-refractivity contribution >= 4 is 0 Å². The number of nitrogens with two attached hydrogens (primary N) is 1. The molecule has 0 amide bonds. The third kappa shape index (κ3) is 4.89. The fourth-order valence-corrected chi connectivity index (χ4v) is 3.27. The molecule has 0 radical (unpaired) electrons. The standard InChI is InChI=1S/C16H34N2/c1-14(2)12-18(15(3)4)11-10-16(13-17)8-6-5-7-9-16/h14-15H,5-13,17H2,1-4H3. The number of rotatable bonds is 7. The van der Waals surface area contributed by atoms with Crippen LogP contribution < -0.4 is 5.73 Å². The first-order chi connectivity index (χ1) is 8.49. The number of nitrogens with zero attached hydrogens (tertiary/aromatic N) is 1. The molecule has 2 nitrogen and oxygen atoms in total. The van der Waals surface area contributed by atoms with Gasteiger partial charge in [0.25, 0.3) is 0 Å². The van der Waals surface area contributed by atoms with E-state index in [0.717, 1.165) is 12.5 Å². The van der Waals surface area contributed by atoms with Crippen LogP contribution in [0.2, 0.25) is 0 Å². The lowest BCUT2D eigenvalue weighted by Crippen LogP contribution is -2.40. The Labute approximate surface area is 114 Å². The van der Waals surface area contributed by atoms with Crippen LogP contribution in [0.1, 0.15) is 66.2 Å². The Hall–Kier alpha value is -0.0800. The van der Waals surface area contributed by atoms with Crippen LogP contribution in [0.15, 0.2) is 0 Å². The highest BCUT2D eigenvalue weighted by atomic mass is 15.1. The molecule has 2 N–H and O–H groups in total. The molecule has 0 bridgehead atoms. The molecule has 2 heteroatoms. The molecule has 18 heavy (non-hydrogen) atoms. The summed E-state index contributed by atoms with van der Waals surface area (Å²) in [6.07, 6.45) is 8.22. The molecule has 1 aliphatic carbocycles. The zero-order chi connectivity index (χ0) is 13.6. The van der Waals surface area contributed by atoms with Gasteiger partial charge < -0.3 is 10.6 Å². The van der Waals surface area contributed by atoms with Gasteiger partial charge in [0.05, 0.1) is 0 Å². The fourth-order valence-electron chi connectivity index (χ4n) is 3.27. The molecule has 0 aromatic heterocycles. The normalized spacial score (nSPS) is 20.0. The summed E-state index contributed by atoms with van der Waals surface area (Å²) in [4.78, 5) is 2.64. The lowest BCUT2D eigenvalue weighted by Gasteiger charge is -2.39. The molecule has 1 rings (SSSR count). The zero-order valence-corrected chi connectivity index (χ0v) is 13.0. The second-order valence-electron chi connectivity index (χ2n) is 7.00. The number of hydrogen-bond acceptors (Lipinski definition) is 2. The summed E-state index contributed by atoms with van der Waals surface area (Å²) in [7, 11) is 0. The van der Waals surface area contributed by atoms with Crippen LogP contribution in [0, 0.1) is 11.3 Å². The zero-order valence-electron chi connectivity index (χ0n) is 13.0. The minimum absolute atomic E-state index is 0.461. The highest BCUT2D eigenvalue weighted by Crippen LogP contribution is 2.38. The molecular formula is C16H34N2. The maximum Gasteiger partial charge on any atom is 0.00387 e. The van der Waals surface area contributed by atoms with E-state index in [4.69, 9.17) is 5.73 Å². The molecule has 0 atom stereocenters. The van der Waals surface area contributed by atoms with Gasteiger partial charge in [-0.05, 0) is 57.5 Å². The van der Waals surface area contributed by atoms with Gasteiger partial charge in [0.15, 0.2) is 0 Å². The van der Waals surface area contributed by atoms with Crippen LogP contribution in [0.25, 0.3) is 0 Å². The van der Waals surface area contributed by atoms with Gasteiger partial charge in [-0.2, -0.15) is 0 Å². The third-order valence-electron chi connectivity index (χ3n) is 4.61. The quantitative estimate of drug-likeness (QED) is 0.751. The van der Waals surface area contributed by atoms with Gasteiger partial charge in [-0.1, -0.05) is 33.1 Å². The number of hydrogen-bond donors (Lipinski definition) is 1. The topological polar surface area (TPSA) is 29.3 Å². The van der Waals surface area contributed by atoms with Gasteiger partial charge in [-0.15, -0.1) is 0 Å². The molecule has 0 aromatic carbocycles. The van der Waals surface area contributed by atoms with Crippen LogP contribution in [-0.4, -0.2) is 30.6 Å². The van der Waals surface area contributed by atoms with Crippen molar-refractivity contribution in [2.45, 2.75) is 72.3 Å². The summed E-state index contributed by atoms with van der Waals surface area (Å²) >= 11 is 0. The van der Waals surface area contributed by atoms with E-state index < -0.39 is 0 Å². The molecule has 1 aliphatic rings. The first-order valence-electron chi connectivity index (χ1n) is 7.93. The van der Waals surface area contributed by atoms with Gasteiger partial charge in [-0.3, -0.25) is 0 Å². The Kier molecular flexibility index (Phi) is 6.65. The smallest absolute Gasteiger partial charge is 0.00387 e. The Morgan fingerprint density at radius 3 is 2.11 bits per heavy atom. The van der Waals surface area contributed by atoms with E-state index in [2.05, 4.69) is 32.6 Å². The first-order valence-corrected chi connectivity index (χ1v) is 7.93. The second kappa shape index (κ2) is 7.49. The molecule has 1 saturated carbocycles. The maximum atomic E-state index is 6.08. The van der Waals surface area contributed by atoms with Crippen molar-refractivity contribution in [2.75, 3.05) is 19.6 Å². The monoisotopic (exact) mass is 254 g/mol. The summed E-state index contributed by atoms with van der Waals surface area (Å²) < 4.78 is 0. The summed E-state index contributed by atoms with van der Waals surface area (Å²) in [5.41, 5.74) is 6.54. The molecule has 0 aromatic rings. The van der Waals surface area contributed by atoms with Crippen LogP contribution in [-0.2, 0) is 0 Å². The van der Waals surface area contributed by atoms with Gasteiger partial charge in [0.1, 0.15) is 0 Å². The Morgan fingerprint density at radius 2 is 1.67 bits per heavy atom. The first kappa shape index (κ1) is 16.0. The van der Waals surface area contributed by atoms with E-state index in [0.29, 0.717) is 11.5 Å². The largest absolute Gasteiger partial charge is 0.330 e. The summed E-state index contributed by atoms with van der Waals surface area (Å²) in [5, 5.41) is 0. The third-order valence-corrected chi connectivity index (χ3v) is 4.61. The molecule has 0 unspecified atom stereocenters. The van der Waals surface area contributed by atoms with Crippen molar-refractivity contribution in [3.63, 3.8) is 0 Å². The van der Waals surface area contributed by atoms with E-state index in [1.54, 1.807) is 0 Å². The van der Waals surface area contributed by atoms with Crippen molar-refractivity contribution < 1.29 is 0 Å². The van der Waals surface area contributed by atoms with Gasteiger partial charge in [0, 0.05) is 12.6 Å². The Morgan fingerprint density at radius 1 is 1.06 bits per heavy atom. The average Bonchev–Trinajstić information content (AvgIpc) is 2.35. The predicted molar refractivity (Wildman–Crippen MR) is 80.7 cm³/mol. The van der Waals surface area contributed by atoms with Gasteiger partial charge in [0.2, 0.25) is 0 Å². The molecule has 108 valence electrons. The second-order valence-corrected chi connectivity index (χ2v) is 7.00. The lowest BCUT2D eigenvalue weighted by molar-refractivity contribution is 0.124. The predicted octanol–water partition coefficient (Wildman–Crippen LogP) is 3.65. The molecular weight excluding hydrogens is 220 g/mol. The maximum absolute atomic E-state index is 6.08. The highest BCUT2D eigenvalue weighted by molar-refractivity contribution is 4.85. The lowest BCUT2D eigenvalue weighted by atomic mass is 9.72. The highest BCUT2D eigenvalue weighted by Gasteiger charge is 2.31. The molecule has 0 aliphatic heterocycles. The van der Waals surface area contributed by atoms with Crippen molar-refractivity contribution in [2.24, 2.45) is 17.1 Å². The average molecular weight is 254 g/mol. The van der Waals surface area contributed by atoms with Crippen LogP contribution in [0.4, 0.5) is 0 Å². The van der Waals surface area contributed by atoms with E-state index in [1.165, 1.54) is 51.6 Å². The van der Waals surface area contributed by atoms with E-state index in [-0.39, 0.29) is 0 Å². The summed E-state index contributed by atoms with van der Waals surface area (Å²) in [5.74, 6) is 0.757.